The maximum absolute atomic E-state index is 12.2. The molecule has 1 heterocycles. The number of nitrogens with one attached hydrogen (secondary N) is 2. The van der Waals surface area contributed by atoms with E-state index in [0.29, 0.717) is 21.7 Å². The maximum Gasteiger partial charge on any atom is 0.318 e. The molecule has 0 aromatic rings. The molecule has 0 aromatic heterocycles. The highest BCUT2D eigenvalue weighted by molar-refractivity contribution is 7.89. The van der Waals surface area contributed by atoms with Gasteiger partial charge in [-0.2, -0.15) is 8.61 Å². The van der Waals surface area contributed by atoms with E-state index < -0.39 is 50.1 Å². The molecule has 0 spiro atoms. The number of sulfonamides is 2. The van der Waals surface area contributed by atoms with E-state index in [0.717, 1.165) is 12.5 Å². The molecule has 2 amide bonds. The van der Waals surface area contributed by atoms with E-state index in [-0.39, 0.29) is 0 Å². The molecule has 0 aromatic carbocycles. The number of amides is 2. The number of hydrogen-bond acceptors (Lipinski definition) is 7. The minimum atomic E-state index is -4.00. The minimum absolute atomic E-state index is 0.317. The summed E-state index contributed by atoms with van der Waals surface area (Å²) in [7, 11) is -7.96. The molecule has 2 N–H and O–H groups in total. The van der Waals surface area contributed by atoms with Gasteiger partial charge in [0.15, 0.2) is 11.2 Å². The molecule has 1 saturated heterocycles. The van der Waals surface area contributed by atoms with Gasteiger partial charge >= 0.3 is 6.03 Å². The summed E-state index contributed by atoms with van der Waals surface area (Å²) in [5.74, 6) is 0. The van der Waals surface area contributed by atoms with E-state index in [1.165, 1.54) is 4.90 Å². The number of nitro groups is 1. The monoisotopic (exact) mass is 402 g/mol. The largest absolute Gasteiger partial charge is 0.325 e. The van der Waals surface area contributed by atoms with Crippen LogP contribution >= 0.6 is 0 Å². The van der Waals surface area contributed by atoms with Crippen molar-refractivity contribution < 1.29 is 26.7 Å². The maximum atomic E-state index is 12.2. The first-order valence-electron chi connectivity index (χ1n) is 7.22. The van der Waals surface area contributed by atoms with Crippen molar-refractivity contribution in [1.82, 2.24) is 24.3 Å². The number of carbonyl (C=O) groups excluding carboxylic acids is 1. The highest BCUT2D eigenvalue weighted by atomic mass is 32.2. The summed E-state index contributed by atoms with van der Waals surface area (Å²) in [6, 6.07) is -0.672. The van der Waals surface area contributed by atoms with Crippen LogP contribution in [-0.4, -0.2) is 86.0 Å². The summed E-state index contributed by atoms with van der Waals surface area (Å²) in [4.78, 5) is 24.4. The number of urea groups is 1. The zero-order chi connectivity index (χ0) is 19.6. The summed E-state index contributed by atoms with van der Waals surface area (Å²) >= 11 is 0. The third-order valence-electron chi connectivity index (χ3n) is 3.61. The van der Waals surface area contributed by atoms with Crippen LogP contribution in [-0.2, 0) is 20.0 Å². The molecule has 25 heavy (non-hydrogen) atoms. The van der Waals surface area contributed by atoms with Crippen molar-refractivity contribution in [3.8, 4) is 0 Å². The van der Waals surface area contributed by atoms with Gasteiger partial charge in [0.25, 0.3) is 0 Å². The molecule has 1 rings (SSSR count). The fourth-order valence-electron chi connectivity index (χ4n) is 2.37. The van der Waals surface area contributed by atoms with Crippen LogP contribution in [0.5, 0.6) is 0 Å². The molecule has 13 nitrogen and oxygen atoms in total. The summed E-state index contributed by atoms with van der Waals surface area (Å²) in [6.07, 6.45) is -1.47. The first-order valence-corrected chi connectivity index (χ1v) is 10.9. The van der Waals surface area contributed by atoms with E-state index in [4.69, 9.17) is 0 Å². The van der Waals surface area contributed by atoms with Crippen molar-refractivity contribution in [3.05, 3.63) is 10.1 Å². The lowest BCUT2D eigenvalue weighted by Gasteiger charge is -2.28. The lowest BCUT2D eigenvalue weighted by atomic mass is 10.4. The molecular weight excluding hydrogens is 380 g/mol. The van der Waals surface area contributed by atoms with Gasteiger partial charge in [0.05, 0.1) is 19.2 Å². The Morgan fingerprint density at radius 1 is 1.12 bits per heavy atom. The van der Waals surface area contributed by atoms with Crippen LogP contribution in [0.4, 0.5) is 4.79 Å². The highest BCUT2D eigenvalue weighted by Crippen LogP contribution is 2.23. The Bertz CT molecular complexity index is 720. The zero-order valence-electron chi connectivity index (χ0n) is 14.2. The lowest BCUT2D eigenvalue weighted by Crippen LogP contribution is -2.60. The van der Waals surface area contributed by atoms with Gasteiger partial charge in [0.2, 0.25) is 20.0 Å². The minimum Gasteiger partial charge on any atom is -0.325 e. The fourth-order valence-corrected chi connectivity index (χ4v) is 4.27. The zero-order valence-corrected chi connectivity index (χ0v) is 15.9. The molecule has 0 bridgehead atoms. The first-order chi connectivity index (χ1) is 11.3. The van der Waals surface area contributed by atoms with Gasteiger partial charge in [-0.1, -0.05) is 0 Å². The Morgan fingerprint density at radius 2 is 1.56 bits per heavy atom. The summed E-state index contributed by atoms with van der Waals surface area (Å²) < 4.78 is 49.0. The third kappa shape index (κ3) is 5.13. The molecule has 1 aliphatic rings. The average Bonchev–Trinajstić information content (AvgIpc) is 2.78. The Hall–Kier alpha value is -1.71. The van der Waals surface area contributed by atoms with Crippen LogP contribution in [0.25, 0.3) is 0 Å². The van der Waals surface area contributed by atoms with Gasteiger partial charge in [-0.05, 0) is 13.8 Å². The fraction of sp³-hybridized carbons (Fsp3) is 0.900. The third-order valence-corrected chi connectivity index (χ3v) is 6.00. The van der Waals surface area contributed by atoms with Gasteiger partial charge in [0, 0.05) is 13.1 Å². The Balaban J connectivity index is 3.31. The Kier molecular flexibility index (Phi) is 6.55. The Morgan fingerprint density at radius 3 is 1.92 bits per heavy atom. The summed E-state index contributed by atoms with van der Waals surface area (Å²) in [5, 5.41) is 12.2. The summed E-state index contributed by atoms with van der Waals surface area (Å²) in [6.45, 7) is 3.36. The highest BCUT2D eigenvalue weighted by Gasteiger charge is 2.51. The van der Waals surface area contributed by atoms with Crippen molar-refractivity contribution >= 4 is 26.1 Å². The number of hydrazine groups is 1. The predicted octanol–water partition coefficient (Wildman–Crippen LogP) is -2.03. The molecule has 1 aliphatic heterocycles. The number of rotatable bonds is 7. The van der Waals surface area contributed by atoms with Crippen LogP contribution < -0.4 is 10.7 Å². The van der Waals surface area contributed by atoms with Gasteiger partial charge in [-0.25, -0.2) is 31.7 Å². The second-order valence-electron chi connectivity index (χ2n) is 5.34. The normalized spacial score (nSPS) is 22.6. The van der Waals surface area contributed by atoms with E-state index in [1.54, 1.807) is 19.3 Å². The average molecular weight is 402 g/mol. The smallest absolute Gasteiger partial charge is 0.318 e. The molecule has 15 heteroatoms. The van der Waals surface area contributed by atoms with Crippen molar-refractivity contribution in [2.45, 2.75) is 26.2 Å². The molecule has 1 fully saturated rings. The van der Waals surface area contributed by atoms with Crippen molar-refractivity contribution in [1.29, 1.82) is 0 Å². The van der Waals surface area contributed by atoms with Crippen LogP contribution in [0.3, 0.4) is 0 Å². The molecule has 2 atom stereocenters. The van der Waals surface area contributed by atoms with Gasteiger partial charge < -0.3 is 10.2 Å². The molecule has 0 aliphatic carbocycles. The second-order valence-corrected chi connectivity index (χ2v) is 9.21. The molecule has 0 saturated carbocycles. The van der Waals surface area contributed by atoms with Crippen LogP contribution in [0.1, 0.15) is 13.8 Å². The molecular formula is C10H22N6O7S2. The van der Waals surface area contributed by atoms with E-state index >= 15 is 0 Å². The first kappa shape index (κ1) is 21.3. The van der Waals surface area contributed by atoms with Gasteiger partial charge in [0.1, 0.15) is 6.17 Å². The Labute approximate surface area is 146 Å². The van der Waals surface area contributed by atoms with Crippen LogP contribution in [0, 0.1) is 10.1 Å². The number of nitrogens with zero attached hydrogens (tertiary/aromatic N) is 4. The van der Waals surface area contributed by atoms with Crippen LogP contribution in [0.2, 0.25) is 0 Å². The topological polar surface area (TPSA) is 162 Å². The quantitative estimate of drug-likeness (QED) is 0.364. The van der Waals surface area contributed by atoms with Crippen LogP contribution in [0.15, 0.2) is 0 Å². The number of hydrogen-bond donors (Lipinski definition) is 2. The van der Waals surface area contributed by atoms with E-state index in [2.05, 4.69) is 5.32 Å². The summed E-state index contributed by atoms with van der Waals surface area (Å²) in [5.41, 5.74) is 1.76. The second kappa shape index (κ2) is 7.67. The van der Waals surface area contributed by atoms with E-state index in [9.17, 15) is 31.7 Å². The molecule has 0 radical (unpaired) electrons. The predicted molar refractivity (Wildman–Crippen MR) is 87.4 cm³/mol. The molecule has 0 unspecified atom stereocenters. The lowest BCUT2D eigenvalue weighted by molar-refractivity contribution is -0.554. The standard InChI is InChI=1S/C10H22N6O7S2/c1-5-13(6-2)10(17)11-8-9(12-16(18)19)15(25(4,22)23)7-14(8)24(3,20)21/h8-9,12H,5-7H2,1-4H3,(H,11,17)/t8-,9-/m1/s1. The van der Waals surface area contributed by atoms with Crippen molar-refractivity contribution in [3.63, 3.8) is 0 Å². The van der Waals surface area contributed by atoms with Gasteiger partial charge in [-0.15, -0.1) is 5.43 Å². The number of carbonyl (C=O) groups is 1. The SMILES string of the molecule is CCN(CC)C(=O)N[C@H]1[C@H](N[N+](=O)[O-])N(S(C)(=O)=O)CN1S(C)(=O)=O. The molecule has 146 valence electrons. The van der Waals surface area contributed by atoms with E-state index in [1.807, 2.05) is 0 Å². The van der Waals surface area contributed by atoms with Crippen molar-refractivity contribution in [2.75, 3.05) is 32.3 Å². The van der Waals surface area contributed by atoms with Gasteiger partial charge in [-0.3, -0.25) is 0 Å². The van der Waals surface area contributed by atoms with Crippen molar-refractivity contribution in [2.24, 2.45) is 0 Å².